The van der Waals surface area contributed by atoms with E-state index in [0.717, 1.165) is 44.8 Å². The molecule has 216 valence electrons. The van der Waals surface area contributed by atoms with Crippen LogP contribution in [0, 0.1) is 0 Å². The molecular weight excluding hydrogens is 526 g/mol. The molecule has 6 aromatic rings. The number of nitrogens with zero attached hydrogens (tertiary/aromatic N) is 1. The number of anilines is 3. The van der Waals surface area contributed by atoms with E-state index < -0.39 is 0 Å². The second kappa shape index (κ2) is 10.8. The van der Waals surface area contributed by atoms with Crippen molar-refractivity contribution in [3.05, 3.63) is 120 Å². The first-order chi connectivity index (χ1) is 20.5. The van der Waals surface area contributed by atoms with Crippen LogP contribution in [0.4, 0.5) is 17.1 Å². The molecule has 43 heavy (non-hydrogen) atoms. The van der Waals surface area contributed by atoms with Crippen LogP contribution in [0.5, 0.6) is 0 Å². The molecule has 0 spiro atoms. The Balaban J connectivity index is 1.62. The van der Waals surface area contributed by atoms with E-state index in [0.29, 0.717) is 17.1 Å². The van der Waals surface area contributed by atoms with Gasteiger partial charge in [-0.1, -0.05) is 139 Å². The van der Waals surface area contributed by atoms with E-state index in [-0.39, 0.29) is 10.8 Å². The van der Waals surface area contributed by atoms with Crippen LogP contribution < -0.4 is 11.1 Å². The highest BCUT2D eigenvalue weighted by molar-refractivity contribution is 6.12. The number of nitrogen functional groups attached to an aromatic ring is 1. The fraction of sp³-hybridized carbons (Fsp3) is 0.205. The van der Waals surface area contributed by atoms with E-state index in [1.807, 2.05) is 36.4 Å². The van der Waals surface area contributed by atoms with Crippen molar-refractivity contribution in [1.82, 2.24) is 4.98 Å². The Bertz CT molecular complexity index is 1870. The van der Waals surface area contributed by atoms with Gasteiger partial charge >= 0.3 is 0 Å². The quantitative estimate of drug-likeness (QED) is 0.218. The molecule has 0 bridgehead atoms. The number of fused-ring (bicyclic) bond motifs is 1. The van der Waals surface area contributed by atoms with Gasteiger partial charge in [0, 0.05) is 22.4 Å². The van der Waals surface area contributed by atoms with Crippen molar-refractivity contribution in [1.29, 1.82) is 0 Å². The summed E-state index contributed by atoms with van der Waals surface area (Å²) < 4.78 is 6.67. The predicted molar refractivity (Wildman–Crippen MR) is 182 cm³/mol. The highest BCUT2D eigenvalue weighted by atomic mass is 16.3. The van der Waals surface area contributed by atoms with E-state index in [4.69, 9.17) is 15.1 Å². The molecule has 0 aliphatic carbocycles. The van der Waals surface area contributed by atoms with Gasteiger partial charge in [0.05, 0.1) is 22.5 Å². The van der Waals surface area contributed by atoms with Crippen LogP contribution >= 0.6 is 0 Å². The van der Waals surface area contributed by atoms with Gasteiger partial charge in [-0.25, -0.2) is 4.98 Å². The number of benzene rings is 4. The molecule has 2 aromatic heterocycles. The number of hydrogen-bond donors (Lipinski definition) is 2. The van der Waals surface area contributed by atoms with Crippen LogP contribution in [-0.2, 0) is 10.8 Å². The smallest absolute Gasteiger partial charge is 0.230 e. The number of aromatic nitrogens is 1. The van der Waals surface area contributed by atoms with Crippen molar-refractivity contribution in [2.24, 2.45) is 0 Å². The summed E-state index contributed by atoms with van der Waals surface area (Å²) in [5, 5.41) is 4.55. The normalized spacial score (nSPS) is 12.0. The Morgan fingerprint density at radius 1 is 0.605 bits per heavy atom. The molecule has 0 amide bonds. The molecule has 3 N–H and O–H groups in total. The van der Waals surface area contributed by atoms with Gasteiger partial charge in [-0.2, -0.15) is 0 Å². The predicted octanol–water partition coefficient (Wildman–Crippen LogP) is 10.7. The summed E-state index contributed by atoms with van der Waals surface area (Å²) in [4.78, 5) is 5.09. The fourth-order valence-corrected chi connectivity index (χ4v) is 5.49. The molecule has 0 unspecified atom stereocenters. The minimum Gasteiger partial charge on any atom is -0.437 e. The van der Waals surface area contributed by atoms with Gasteiger partial charge in [0.1, 0.15) is 5.76 Å². The van der Waals surface area contributed by atoms with E-state index >= 15 is 0 Å². The summed E-state index contributed by atoms with van der Waals surface area (Å²) in [5.41, 5.74) is 17.2. The Morgan fingerprint density at radius 2 is 1.12 bits per heavy atom. The van der Waals surface area contributed by atoms with E-state index in [2.05, 4.69) is 120 Å². The maximum Gasteiger partial charge on any atom is 0.230 e. The van der Waals surface area contributed by atoms with Crippen molar-refractivity contribution in [3.8, 4) is 33.7 Å². The van der Waals surface area contributed by atoms with Gasteiger partial charge in [0.2, 0.25) is 5.71 Å². The number of pyridine rings is 1. The Hall–Kier alpha value is -4.83. The first-order valence-corrected chi connectivity index (χ1v) is 14.9. The molecule has 4 heteroatoms. The van der Waals surface area contributed by atoms with Crippen molar-refractivity contribution in [2.45, 2.75) is 52.4 Å². The second-order valence-corrected chi connectivity index (χ2v) is 13.2. The Morgan fingerprint density at radius 3 is 1.65 bits per heavy atom. The topological polar surface area (TPSA) is 64.1 Å². The van der Waals surface area contributed by atoms with E-state index in [1.54, 1.807) is 0 Å². The van der Waals surface area contributed by atoms with Crippen LogP contribution in [0.15, 0.2) is 114 Å². The minimum atomic E-state index is 0.0452. The summed E-state index contributed by atoms with van der Waals surface area (Å²) in [6, 6.07) is 37.6. The summed E-state index contributed by atoms with van der Waals surface area (Å²) in [5.74, 6) is 0.764. The minimum absolute atomic E-state index is 0.0452. The lowest BCUT2D eigenvalue weighted by atomic mass is 9.86. The molecule has 0 aliphatic rings. The van der Waals surface area contributed by atoms with Gasteiger partial charge in [0.25, 0.3) is 0 Å². The van der Waals surface area contributed by atoms with Crippen LogP contribution in [-0.4, -0.2) is 4.98 Å². The maximum atomic E-state index is 7.08. The number of nitrogens with two attached hydrogens (primary N) is 1. The highest BCUT2D eigenvalue weighted by Crippen LogP contribution is 2.48. The Labute approximate surface area is 254 Å². The zero-order valence-electron chi connectivity index (χ0n) is 25.8. The number of furan rings is 1. The lowest BCUT2D eigenvalue weighted by molar-refractivity contribution is 0.590. The summed E-state index contributed by atoms with van der Waals surface area (Å²) in [6.45, 7) is 13.3. The van der Waals surface area contributed by atoms with Crippen LogP contribution in [0.2, 0.25) is 0 Å². The van der Waals surface area contributed by atoms with Crippen LogP contribution in [0.3, 0.4) is 0 Å². The molecular formula is C39H39N3O. The molecule has 0 fully saturated rings. The number of hydrogen-bond acceptors (Lipinski definition) is 4. The molecule has 0 aliphatic heterocycles. The zero-order chi connectivity index (χ0) is 30.4. The molecule has 0 atom stereocenters. The number of rotatable bonds is 5. The third-order valence-corrected chi connectivity index (χ3v) is 8.02. The van der Waals surface area contributed by atoms with E-state index in [9.17, 15) is 0 Å². The third kappa shape index (κ3) is 5.53. The first-order valence-electron chi connectivity index (χ1n) is 14.9. The Kier molecular flexibility index (Phi) is 7.09. The molecule has 0 saturated heterocycles. The zero-order valence-corrected chi connectivity index (χ0v) is 25.8. The largest absolute Gasteiger partial charge is 0.437 e. The fourth-order valence-electron chi connectivity index (χ4n) is 5.49. The van der Waals surface area contributed by atoms with Crippen LogP contribution in [0.25, 0.3) is 44.8 Å². The average Bonchev–Trinajstić information content (AvgIpc) is 3.38. The van der Waals surface area contributed by atoms with Gasteiger partial charge < -0.3 is 15.5 Å². The van der Waals surface area contributed by atoms with E-state index in [1.165, 1.54) is 11.1 Å². The van der Waals surface area contributed by atoms with Crippen molar-refractivity contribution in [3.63, 3.8) is 0 Å². The van der Waals surface area contributed by atoms with Crippen molar-refractivity contribution >= 4 is 28.2 Å². The highest BCUT2D eigenvalue weighted by Gasteiger charge is 2.26. The summed E-state index contributed by atoms with van der Waals surface area (Å²) in [7, 11) is 0. The van der Waals surface area contributed by atoms with Gasteiger partial charge in [-0.3, -0.25) is 0 Å². The molecule has 2 heterocycles. The van der Waals surface area contributed by atoms with Gasteiger partial charge in [-0.15, -0.1) is 0 Å². The second-order valence-electron chi connectivity index (χ2n) is 13.2. The van der Waals surface area contributed by atoms with Gasteiger partial charge in [-0.05, 0) is 39.7 Å². The van der Waals surface area contributed by atoms with Gasteiger partial charge in [0.15, 0.2) is 0 Å². The standard InChI is InChI=1S/C39H39N3O/c1-38(2,3)28-19-17-26(18-20-28)34-33(40)35(41-30-23-21-29(22-24-30)39(4,5)6)32-31(25-13-9-7-10-14-25)36(43-37(32)42-34)27-15-11-8-12-16-27/h7-24H,40H2,1-6H3,(H,41,42). The molecule has 4 aromatic carbocycles. The average molecular weight is 566 g/mol. The summed E-state index contributed by atoms with van der Waals surface area (Å²) >= 11 is 0. The first kappa shape index (κ1) is 28.3. The van der Waals surface area contributed by atoms with Crippen molar-refractivity contribution in [2.75, 3.05) is 11.1 Å². The SMILES string of the molecule is CC(C)(C)c1ccc(Nc2c(N)c(-c3ccc(C(C)(C)C)cc3)nc3oc(-c4ccccc4)c(-c4ccccc4)c23)cc1. The lowest BCUT2D eigenvalue weighted by Gasteiger charge is -2.20. The molecule has 4 nitrogen and oxygen atoms in total. The molecule has 6 rings (SSSR count). The van der Waals surface area contributed by atoms with Crippen LogP contribution in [0.1, 0.15) is 52.7 Å². The molecule has 0 saturated carbocycles. The third-order valence-electron chi connectivity index (χ3n) is 8.02. The lowest BCUT2D eigenvalue weighted by Crippen LogP contribution is -2.11. The number of nitrogens with one attached hydrogen (secondary N) is 1. The summed E-state index contributed by atoms with van der Waals surface area (Å²) in [6.07, 6.45) is 0. The monoisotopic (exact) mass is 565 g/mol. The maximum absolute atomic E-state index is 7.08. The van der Waals surface area contributed by atoms with Crippen molar-refractivity contribution < 1.29 is 4.42 Å². The molecule has 0 radical (unpaired) electrons.